The van der Waals surface area contributed by atoms with E-state index in [9.17, 15) is 19.5 Å². The predicted molar refractivity (Wildman–Crippen MR) is 85.8 cm³/mol. The summed E-state index contributed by atoms with van der Waals surface area (Å²) in [5, 5.41) is 12.0. The van der Waals surface area contributed by atoms with Crippen LogP contribution in [0, 0.1) is 11.3 Å². The van der Waals surface area contributed by atoms with Crippen molar-refractivity contribution in [3.63, 3.8) is 0 Å². The summed E-state index contributed by atoms with van der Waals surface area (Å²) in [5.74, 6) is -1.89. The minimum absolute atomic E-state index is 0.0853. The molecule has 0 unspecified atom stereocenters. The maximum absolute atomic E-state index is 12.3. The molecule has 1 aliphatic rings. The van der Waals surface area contributed by atoms with Gasteiger partial charge in [0, 0.05) is 6.42 Å². The molecule has 6 heteroatoms. The van der Waals surface area contributed by atoms with Gasteiger partial charge in [-0.25, -0.2) is 4.79 Å². The summed E-state index contributed by atoms with van der Waals surface area (Å²) in [4.78, 5) is 36.0. The van der Waals surface area contributed by atoms with Gasteiger partial charge in [0.05, 0.1) is 5.41 Å². The van der Waals surface area contributed by atoms with E-state index in [4.69, 9.17) is 4.74 Å². The van der Waals surface area contributed by atoms with Crippen LogP contribution in [0.15, 0.2) is 0 Å². The Bertz CT molecular complexity index is 462. The topological polar surface area (TPSA) is 92.7 Å². The molecular weight excluding hydrogens is 298 g/mol. The van der Waals surface area contributed by atoms with E-state index in [1.54, 1.807) is 20.8 Å². The van der Waals surface area contributed by atoms with Crippen LogP contribution in [0.5, 0.6) is 0 Å². The van der Waals surface area contributed by atoms with Crippen LogP contribution in [0.2, 0.25) is 0 Å². The molecule has 1 fully saturated rings. The number of carboxylic acid groups (broad SMARTS) is 1. The van der Waals surface area contributed by atoms with Crippen LogP contribution in [0.25, 0.3) is 0 Å². The predicted octanol–water partition coefficient (Wildman–Crippen LogP) is 2.50. The fourth-order valence-electron chi connectivity index (χ4n) is 2.64. The monoisotopic (exact) mass is 327 g/mol. The van der Waals surface area contributed by atoms with Gasteiger partial charge in [-0.2, -0.15) is 0 Å². The van der Waals surface area contributed by atoms with Crippen molar-refractivity contribution in [3.8, 4) is 0 Å². The second-order valence-corrected chi connectivity index (χ2v) is 7.58. The molecule has 0 aromatic carbocycles. The van der Waals surface area contributed by atoms with Crippen LogP contribution in [0.3, 0.4) is 0 Å². The number of carboxylic acids is 1. The molecule has 6 nitrogen and oxygen atoms in total. The van der Waals surface area contributed by atoms with Crippen LogP contribution in [-0.4, -0.2) is 34.6 Å². The maximum atomic E-state index is 12.3. The summed E-state index contributed by atoms with van der Waals surface area (Å²) in [5.41, 5.74) is -1.60. The molecule has 0 saturated heterocycles. The zero-order valence-corrected chi connectivity index (χ0v) is 14.8. The highest BCUT2D eigenvalue weighted by Gasteiger charge is 2.46. The smallest absolute Gasteiger partial charge is 0.329 e. The van der Waals surface area contributed by atoms with E-state index in [0.29, 0.717) is 19.3 Å². The Morgan fingerprint density at radius 2 is 1.83 bits per heavy atom. The van der Waals surface area contributed by atoms with Gasteiger partial charge < -0.3 is 15.2 Å². The van der Waals surface area contributed by atoms with Gasteiger partial charge in [-0.05, 0) is 39.5 Å². The van der Waals surface area contributed by atoms with Crippen molar-refractivity contribution in [2.45, 2.75) is 78.4 Å². The van der Waals surface area contributed by atoms with Gasteiger partial charge in [0.25, 0.3) is 0 Å². The molecule has 1 rings (SSSR count). The third kappa shape index (κ3) is 5.22. The van der Waals surface area contributed by atoms with E-state index < -0.39 is 34.9 Å². The molecule has 0 heterocycles. The van der Waals surface area contributed by atoms with E-state index in [0.717, 1.165) is 6.42 Å². The zero-order chi connectivity index (χ0) is 17.8. The number of esters is 1. The van der Waals surface area contributed by atoms with Gasteiger partial charge in [0.2, 0.25) is 5.91 Å². The summed E-state index contributed by atoms with van der Waals surface area (Å²) in [7, 11) is 0. The number of nitrogens with one attached hydrogen (secondary N) is 1. The lowest BCUT2D eigenvalue weighted by atomic mass is 9.66. The van der Waals surface area contributed by atoms with Crippen LogP contribution in [0.1, 0.15) is 66.7 Å². The van der Waals surface area contributed by atoms with E-state index >= 15 is 0 Å². The minimum Gasteiger partial charge on any atom is -0.481 e. The van der Waals surface area contributed by atoms with Crippen LogP contribution in [0.4, 0.5) is 0 Å². The Balaban J connectivity index is 2.75. The van der Waals surface area contributed by atoms with E-state index in [1.165, 1.54) is 0 Å². The maximum Gasteiger partial charge on any atom is 0.329 e. The second-order valence-electron chi connectivity index (χ2n) is 7.58. The Kier molecular flexibility index (Phi) is 6.19. The van der Waals surface area contributed by atoms with Crippen LogP contribution in [-0.2, 0) is 19.1 Å². The molecule has 1 amide bonds. The average Bonchev–Trinajstić information content (AvgIpc) is 2.36. The van der Waals surface area contributed by atoms with Gasteiger partial charge in [-0.3, -0.25) is 9.59 Å². The fourth-order valence-corrected chi connectivity index (χ4v) is 2.64. The van der Waals surface area contributed by atoms with Gasteiger partial charge in [-0.15, -0.1) is 0 Å². The van der Waals surface area contributed by atoms with Crippen molar-refractivity contribution < 1.29 is 24.2 Å². The second kappa shape index (κ2) is 7.32. The molecule has 2 N–H and O–H groups in total. The Morgan fingerprint density at radius 1 is 1.26 bits per heavy atom. The first-order chi connectivity index (χ1) is 10.5. The van der Waals surface area contributed by atoms with E-state index in [-0.39, 0.29) is 12.3 Å². The summed E-state index contributed by atoms with van der Waals surface area (Å²) < 4.78 is 5.37. The van der Waals surface area contributed by atoms with Crippen molar-refractivity contribution in [1.29, 1.82) is 0 Å². The van der Waals surface area contributed by atoms with Crippen LogP contribution >= 0.6 is 0 Å². The van der Waals surface area contributed by atoms with Gasteiger partial charge in [0.1, 0.15) is 11.6 Å². The highest BCUT2D eigenvalue weighted by molar-refractivity contribution is 5.89. The zero-order valence-electron chi connectivity index (χ0n) is 14.8. The first-order valence-electron chi connectivity index (χ1n) is 8.26. The third-order valence-electron chi connectivity index (χ3n) is 4.45. The minimum atomic E-state index is -0.960. The normalized spacial score (nSPS) is 19.2. The lowest BCUT2D eigenvalue weighted by Crippen LogP contribution is -2.50. The number of aliphatic carboxylic acids is 1. The Morgan fingerprint density at radius 3 is 2.17 bits per heavy atom. The Labute approximate surface area is 138 Å². The summed E-state index contributed by atoms with van der Waals surface area (Å²) >= 11 is 0. The number of hydrogen-bond acceptors (Lipinski definition) is 4. The number of rotatable bonds is 7. The molecule has 132 valence electrons. The van der Waals surface area contributed by atoms with Crippen molar-refractivity contribution in [2.24, 2.45) is 11.3 Å². The van der Waals surface area contributed by atoms with E-state index in [1.807, 2.05) is 13.8 Å². The molecule has 2 atom stereocenters. The molecule has 0 bridgehead atoms. The van der Waals surface area contributed by atoms with Crippen molar-refractivity contribution in [3.05, 3.63) is 0 Å². The standard InChI is InChI=1S/C17H29NO5/c1-6-11(2)13(14(20)23-16(3,4)5)18-12(19)10-17(15(21)22)8-7-9-17/h11,13H,6-10H2,1-5H3,(H,18,19)(H,21,22)/t11-,13-/m0/s1. The Hall–Kier alpha value is -1.59. The van der Waals surface area contributed by atoms with Crippen molar-refractivity contribution >= 4 is 17.8 Å². The van der Waals surface area contributed by atoms with Gasteiger partial charge in [-0.1, -0.05) is 26.7 Å². The fraction of sp³-hybridized carbons (Fsp3) is 0.824. The number of carbonyl (C=O) groups excluding carboxylic acids is 2. The molecular formula is C17H29NO5. The third-order valence-corrected chi connectivity index (χ3v) is 4.45. The summed E-state index contributed by atoms with van der Waals surface area (Å²) in [6.45, 7) is 9.11. The number of ether oxygens (including phenoxy) is 1. The molecule has 0 aliphatic heterocycles. The SMILES string of the molecule is CC[C@H](C)[C@H](NC(=O)CC1(C(=O)O)CCC1)C(=O)OC(C)(C)C. The first kappa shape index (κ1) is 19.5. The van der Waals surface area contributed by atoms with Gasteiger partial charge >= 0.3 is 11.9 Å². The molecule has 0 radical (unpaired) electrons. The molecule has 0 aromatic rings. The molecule has 1 aliphatic carbocycles. The highest BCUT2D eigenvalue weighted by Crippen LogP contribution is 2.44. The van der Waals surface area contributed by atoms with Crippen molar-refractivity contribution in [1.82, 2.24) is 5.32 Å². The highest BCUT2D eigenvalue weighted by atomic mass is 16.6. The molecule has 1 saturated carbocycles. The van der Waals surface area contributed by atoms with E-state index in [2.05, 4.69) is 5.32 Å². The number of hydrogen-bond donors (Lipinski definition) is 2. The summed E-state index contributed by atoms with van der Waals surface area (Å²) in [6, 6.07) is -0.752. The molecule has 0 aromatic heterocycles. The summed E-state index contributed by atoms with van der Waals surface area (Å²) in [6.07, 6.45) is 2.46. The lowest BCUT2D eigenvalue weighted by Gasteiger charge is -2.37. The number of amides is 1. The molecule has 23 heavy (non-hydrogen) atoms. The number of carbonyl (C=O) groups is 3. The van der Waals surface area contributed by atoms with Crippen molar-refractivity contribution in [2.75, 3.05) is 0 Å². The van der Waals surface area contributed by atoms with Crippen LogP contribution < -0.4 is 5.32 Å². The largest absolute Gasteiger partial charge is 0.481 e. The molecule has 0 spiro atoms. The lowest BCUT2D eigenvalue weighted by molar-refractivity contribution is -0.161. The first-order valence-corrected chi connectivity index (χ1v) is 8.26. The average molecular weight is 327 g/mol. The van der Waals surface area contributed by atoms with Gasteiger partial charge in [0.15, 0.2) is 0 Å². The quantitative estimate of drug-likeness (QED) is 0.701.